The summed E-state index contributed by atoms with van der Waals surface area (Å²) in [5.41, 5.74) is 9.87. The van der Waals surface area contributed by atoms with Crippen molar-refractivity contribution >= 4 is 27.3 Å². The van der Waals surface area contributed by atoms with Crippen LogP contribution in [0.3, 0.4) is 0 Å². The normalized spacial score (nSPS) is 10.9. The highest BCUT2D eigenvalue weighted by molar-refractivity contribution is 9.10. The quantitative estimate of drug-likeness (QED) is 0.533. The van der Waals surface area contributed by atoms with Gasteiger partial charge in [0.05, 0.1) is 17.3 Å². The van der Waals surface area contributed by atoms with E-state index in [2.05, 4.69) is 32.1 Å². The molecule has 0 saturated heterocycles. The molecule has 4 aromatic rings. The molecule has 4 rings (SSSR count). The standard InChI is InChI=1S/C20H13BrFN5/c21-19-18(14-6-3-4-12(8-14)11-23)25-20(24)17-10-15(26-27(17)19)9-13-5-1-2-7-16(13)22/h1-8,10H,9H2,(H2,24,25). The minimum Gasteiger partial charge on any atom is -0.382 e. The zero-order chi connectivity index (χ0) is 19.0. The van der Waals surface area contributed by atoms with Crippen molar-refractivity contribution in [3.63, 3.8) is 0 Å². The van der Waals surface area contributed by atoms with Crippen LogP contribution in [0.5, 0.6) is 0 Å². The summed E-state index contributed by atoms with van der Waals surface area (Å²) in [6, 6.07) is 17.6. The number of hydrogen-bond donors (Lipinski definition) is 1. The van der Waals surface area contributed by atoms with Gasteiger partial charge in [0.1, 0.15) is 27.4 Å². The van der Waals surface area contributed by atoms with Gasteiger partial charge in [0.25, 0.3) is 0 Å². The molecule has 2 heterocycles. The Morgan fingerprint density at radius 1 is 1.15 bits per heavy atom. The van der Waals surface area contributed by atoms with E-state index in [9.17, 15) is 4.39 Å². The Hall–Kier alpha value is -3.24. The maximum Gasteiger partial charge on any atom is 0.150 e. The number of nitrogens with zero attached hydrogens (tertiary/aromatic N) is 4. The van der Waals surface area contributed by atoms with Crippen LogP contribution in [0, 0.1) is 17.1 Å². The Labute approximate surface area is 163 Å². The first-order chi connectivity index (χ1) is 13.1. The van der Waals surface area contributed by atoms with Crippen molar-refractivity contribution in [3.8, 4) is 17.3 Å². The largest absolute Gasteiger partial charge is 0.382 e. The van der Waals surface area contributed by atoms with Crippen molar-refractivity contribution in [2.24, 2.45) is 0 Å². The molecule has 0 saturated carbocycles. The van der Waals surface area contributed by atoms with Crippen LogP contribution < -0.4 is 5.73 Å². The Morgan fingerprint density at radius 2 is 1.96 bits per heavy atom. The Bertz CT molecular complexity index is 1210. The van der Waals surface area contributed by atoms with Crippen molar-refractivity contribution < 1.29 is 4.39 Å². The SMILES string of the molecule is N#Cc1cccc(-c2nc(N)c3cc(Cc4ccccc4F)nn3c2Br)c1. The molecule has 0 amide bonds. The Morgan fingerprint density at radius 3 is 2.74 bits per heavy atom. The number of aromatic nitrogens is 3. The molecule has 2 N–H and O–H groups in total. The number of nitriles is 1. The lowest BCUT2D eigenvalue weighted by atomic mass is 10.1. The van der Waals surface area contributed by atoms with E-state index in [1.54, 1.807) is 47.0 Å². The van der Waals surface area contributed by atoms with E-state index in [0.717, 1.165) is 5.56 Å². The second-order valence-electron chi connectivity index (χ2n) is 6.03. The van der Waals surface area contributed by atoms with E-state index in [-0.39, 0.29) is 5.82 Å². The lowest BCUT2D eigenvalue weighted by Crippen LogP contribution is -2.02. The molecule has 0 aliphatic carbocycles. The predicted octanol–water partition coefficient (Wildman–Crippen LogP) is 4.34. The van der Waals surface area contributed by atoms with E-state index in [1.807, 2.05) is 6.07 Å². The molecular formula is C20H13BrFN5. The fraction of sp³-hybridized carbons (Fsp3) is 0.0500. The third-order valence-electron chi connectivity index (χ3n) is 4.23. The second kappa shape index (κ2) is 6.82. The summed E-state index contributed by atoms with van der Waals surface area (Å²) in [6.07, 6.45) is 0.347. The van der Waals surface area contributed by atoms with E-state index in [0.29, 0.717) is 44.9 Å². The molecule has 7 heteroatoms. The molecule has 2 aromatic carbocycles. The van der Waals surface area contributed by atoms with Gasteiger partial charge in [0.15, 0.2) is 0 Å². The molecule has 0 unspecified atom stereocenters. The fourth-order valence-corrected chi connectivity index (χ4v) is 3.52. The van der Waals surface area contributed by atoms with Crippen molar-refractivity contribution in [1.29, 1.82) is 5.26 Å². The minimum absolute atomic E-state index is 0.270. The van der Waals surface area contributed by atoms with Gasteiger partial charge < -0.3 is 5.73 Å². The number of nitrogens with two attached hydrogens (primary N) is 1. The molecule has 0 aliphatic heterocycles. The zero-order valence-corrected chi connectivity index (χ0v) is 15.6. The Balaban J connectivity index is 1.82. The first-order valence-electron chi connectivity index (χ1n) is 8.14. The summed E-state index contributed by atoms with van der Waals surface area (Å²) in [6.45, 7) is 0. The average molecular weight is 422 g/mol. The van der Waals surface area contributed by atoms with E-state index < -0.39 is 0 Å². The molecule has 5 nitrogen and oxygen atoms in total. The van der Waals surface area contributed by atoms with Gasteiger partial charge in [-0.05, 0) is 45.8 Å². The maximum absolute atomic E-state index is 13.9. The number of anilines is 1. The highest BCUT2D eigenvalue weighted by Crippen LogP contribution is 2.30. The van der Waals surface area contributed by atoms with Crippen LogP contribution in [-0.2, 0) is 6.42 Å². The first kappa shape index (κ1) is 17.2. The molecule has 0 bridgehead atoms. The number of rotatable bonds is 3. The van der Waals surface area contributed by atoms with Crippen LogP contribution in [0.15, 0.2) is 59.2 Å². The van der Waals surface area contributed by atoms with Crippen molar-refractivity contribution in [2.75, 3.05) is 5.73 Å². The second-order valence-corrected chi connectivity index (χ2v) is 6.78. The lowest BCUT2D eigenvalue weighted by Gasteiger charge is -2.08. The van der Waals surface area contributed by atoms with E-state index in [4.69, 9.17) is 11.0 Å². The van der Waals surface area contributed by atoms with Crippen LogP contribution in [-0.4, -0.2) is 14.6 Å². The topological polar surface area (TPSA) is 80.0 Å². The average Bonchev–Trinajstić information content (AvgIpc) is 3.11. The number of fused-ring (bicyclic) bond motifs is 1. The third kappa shape index (κ3) is 3.15. The van der Waals surface area contributed by atoms with Crippen LogP contribution in [0.2, 0.25) is 0 Å². The summed E-state index contributed by atoms with van der Waals surface area (Å²) < 4.78 is 16.2. The molecule has 0 radical (unpaired) electrons. The van der Waals surface area contributed by atoms with Gasteiger partial charge in [-0.2, -0.15) is 10.4 Å². The fourth-order valence-electron chi connectivity index (χ4n) is 2.93. The first-order valence-corrected chi connectivity index (χ1v) is 8.93. The number of halogens is 2. The van der Waals surface area contributed by atoms with Gasteiger partial charge in [0.2, 0.25) is 0 Å². The number of hydrogen-bond acceptors (Lipinski definition) is 4. The molecule has 0 aliphatic rings. The van der Waals surface area contributed by atoms with Crippen molar-refractivity contribution in [1.82, 2.24) is 14.6 Å². The van der Waals surface area contributed by atoms with Crippen molar-refractivity contribution in [3.05, 3.63) is 81.8 Å². The molecule has 0 fully saturated rings. The molecule has 0 spiro atoms. The molecule has 0 atom stereocenters. The zero-order valence-electron chi connectivity index (χ0n) is 14.0. The van der Waals surface area contributed by atoms with Crippen LogP contribution in [0.25, 0.3) is 16.8 Å². The Kier molecular flexibility index (Phi) is 4.34. The van der Waals surface area contributed by atoms with E-state index >= 15 is 0 Å². The summed E-state index contributed by atoms with van der Waals surface area (Å²) in [5.74, 6) is 0.0385. The van der Waals surface area contributed by atoms with Gasteiger partial charge in [-0.15, -0.1) is 0 Å². The van der Waals surface area contributed by atoms with Gasteiger partial charge in [-0.25, -0.2) is 13.9 Å². The summed E-state index contributed by atoms with van der Waals surface area (Å²) in [4.78, 5) is 4.47. The molecule has 27 heavy (non-hydrogen) atoms. The van der Waals surface area contributed by atoms with Gasteiger partial charge in [0, 0.05) is 12.0 Å². The summed E-state index contributed by atoms with van der Waals surface area (Å²) >= 11 is 3.54. The highest BCUT2D eigenvalue weighted by Gasteiger charge is 2.16. The van der Waals surface area contributed by atoms with Gasteiger partial charge in [-0.3, -0.25) is 0 Å². The predicted molar refractivity (Wildman–Crippen MR) is 104 cm³/mol. The molecule has 2 aromatic heterocycles. The van der Waals surface area contributed by atoms with Crippen LogP contribution in [0.4, 0.5) is 10.2 Å². The van der Waals surface area contributed by atoms with Crippen LogP contribution >= 0.6 is 15.9 Å². The summed E-state index contributed by atoms with van der Waals surface area (Å²) in [7, 11) is 0. The lowest BCUT2D eigenvalue weighted by molar-refractivity contribution is 0.613. The van der Waals surface area contributed by atoms with Gasteiger partial charge in [-0.1, -0.05) is 30.3 Å². The smallest absolute Gasteiger partial charge is 0.150 e. The third-order valence-corrected chi connectivity index (χ3v) is 4.94. The number of nitrogen functional groups attached to an aromatic ring is 1. The van der Waals surface area contributed by atoms with Gasteiger partial charge >= 0.3 is 0 Å². The molecule has 132 valence electrons. The monoisotopic (exact) mass is 421 g/mol. The summed E-state index contributed by atoms with van der Waals surface area (Å²) in [5, 5.41) is 13.7. The van der Waals surface area contributed by atoms with Crippen molar-refractivity contribution in [2.45, 2.75) is 6.42 Å². The minimum atomic E-state index is -0.270. The maximum atomic E-state index is 13.9. The van der Waals surface area contributed by atoms with Crippen LogP contribution in [0.1, 0.15) is 16.8 Å². The number of benzene rings is 2. The van der Waals surface area contributed by atoms with E-state index in [1.165, 1.54) is 6.07 Å². The highest BCUT2D eigenvalue weighted by atomic mass is 79.9. The molecular weight excluding hydrogens is 409 g/mol.